The van der Waals surface area contributed by atoms with Gasteiger partial charge in [0.2, 0.25) is 5.91 Å². The van der Waals surface area contributed by atoms with Gasteiger partial charge in [-0.3, -0.25) is 4.79 Å². The molecule has 0 aliphatic rings. The fourth-order valence-corrected chi connectivity index (χ4v) is 3.72. The number of carbonyl (C=O) groups excluding carboxylic acids is 1. The minimum atomic E-state index is -0.263. The van der Waals surface area contributed by atoms with Gasteiger partial charge in [0.05, 0.1) is 13.4 Å². The molecule has 0 aliphatic carbocycles. The number of pyridine rings is 1. The molecule has 0 atom stereocenters. The highest BCUT2D eigenvalue weighted by molar-refractivity contribution is 6.30. The number of aryl methyl sites for hydroxylation is 1. The lowest BCUT2D eigenvalue weighted by Gasteiger charge is -2.13. The summed E-state index contributed by atoms with van der Waals surface area (Å²) in [4.78, 5) is 16.6. The van der Waals surface area contributed by atoms with Crippen LogP contribution in [0, 0.1) is 6.92 Å². The maximum atomic E-state index is 12.5. The fraction of sp³-hybridized carbons (Fsp3) is 0.120. The van der Waals surface area contributed by atoms with Gasteiger partial charge in [0.15, 0.2) is 0 Å². The lowest BCUT2D eigenvalue weighted by atomic mass is 9.96. The number of nitrogens with zero attached hydrogens (tertiary/aromatic N) is 1. The smallest absolute Gasteiger partial charge is 0.249 e. The predicted octanol–water partition coefficient (Wildman–Crippen LogP) is 6.51. The molecule has 2 aromatic heterocycles. The van der Waals surface area contributed by atoms with Crippen LogP contribution in [0.25, 0.3) is 27.7 Å². The summed E-state index contributed by atoms with van der Waals surface area (Å²) >= 11 is 6.04. The van der Waals surface area contributed by atoms with Crippen molar-refractivity contribution in [3.63, 3.8) is 0 Å². The summed E-state index contributed by atoms with van der Waals surface area (Å²) < 4.78 is 11.6. The maximum absolute atomic E-state index is 12.5. The van der Waals surface area contributed by atoms with Crippen LogP contribution in [0.1, 0.15) is 18.1 Å². The zero-order chi connectivity index (χ0) is 22.0. The van der Waals surface area contributed by atoms with Crippen molar-refractivity contribution in [2.45, 2.75) is 13.8 Å². The van der Waals surface area contributed by atoms with Crippen LogP contribution in [0.15, 0.2) is 71.5 Å². The number of furan rings is 1. The van der Waals surface area contributed by atoms with E-state index in [9.17, 15) is 4.79 Å². The Kier molecular flexibility index (Phi) is 5.78. The monoisotopic (exact) mass is 432 g/mol. The Bertz CT molecular complexity index is 1280. The second-order valence-corrected chi connectivity index (χ2v) is 7.58. The van der Waals surface area contributed by atoms with Crippen LogP contribution >= 0.6 is 11.6 Å². The van der Waals surface area contributed by atoms with E-state index >= 15 is 0 Å². The first-order chi connectivity index (χ1) is 15.0. The van der Waals surface area contributed by atoms with Gasteiger partial charge in [0, 0.05) is 39.4 Å². The lowest BCUT2D eigenvalue weighted by Crippen LogP contribution is -2.09. The third-order valence-electron chi connectivity index (χ3n) is 5.09. The molecule has 0 saturated heterocycles. The largest absolute Gasteiger partial charge is 0.496 e. The summed E-state index contributed by atoms with van der Waals surface area (Å²) in [5.41, 5.74) is 5.14. The van der Waals surface area contributed by atoms with Gasteiger partial charge in [-0.2, -0.15) is 0 Å². The quantitative estimate of drug-likeness (QED) is 0.365. The molecule has 4 aromatic rings. The van der Waals surface area contributed by atoms with E-state index in [4.69, 9.17) is 20.8 Å². The van der Waals surface area contributed by atoms with Gasteiger partial charge >= 0.3 is 0 Å². The number of hydrogen-bond donors (Lipinski definition) is 1. The van der Waals surface area contributed by atoms with E-state index < -0.39 is 0 Å². The van der Waals surface area contributed by atoms with E-state index in [-0.39, 0.29) is 5.91 Å². The Labute approximate surface area is 185 Å². The van der Waals surface area contributed by atoms with Gasteiger partial charge in [-0.05, 0) is 55.3 Å². The number of allylic oxidation sites excluding steroid dienone is 1. The number of hydrogen-bond acceptors (Lipinski definition) is 4. The normalized spacial score (nSPS) is 11.5. The molecular weight excluding hydrogens is 412 g/mol. The molecule has 0 aliphatic heterocycles. The molecule has 1 amide bonds. The van der Waals surface area contributed by atoms with Crippen LogP contribution in [0.3, 0.4) is 0 Å². The molecule has 2 heterocycles. The molecule has 2 aromatic carbocycles. The summed E-state index contributed by atoms with van der Waals surface area (Å²) in [6.45, 7) is 3.82. The van der Waals surface area contributed by atoms with Crippen molar-refractivity contribution in [2.24, 2.45) is 0 Å². The number of halogens is 1. The van der Waals surface area contributed by atoms with Gasteiger partial charge in [0.25, 0.3) is 0 Å². The second kappa shape index (κ2) is 8.66. The summed E-state index contributed by atoms with van der Waals surface area (Å²) in [6, 6.07) is 14.9. The Hall–Kier alpha value is -3.57. The second-order valence-electron chi connectivity index (χ2n) is 7.15. The average Bonchev–Trinajstić information content (AvgIpc) is 3.19. The van der Waals surface area contributed by atoms with Crippen molar-refractivity contribution in [1.82, 2.24) is 4.98 Å². The van der Waals surface area contributed by atoms with Crippen molar-refractivity contribution < 1.29 is 13.9 Å². The molecule has 6 heteroatoms. The number of anilines is 1. The number of ether oxygens (including phenoxy) is 1. The van der Waals surface area contributed by atoms with Crippen LogP contribution in [-0.2, 0) is 4.79 Å². The average molecular weight is 433 g/mol. The first kappa shape index (κ1) is 20.7. The van der Waals surface area contributed by atoms with Gasteiger partial charge in [-0.25, -0.2) is 4.98 Å². The highest BCUT2D eigenvalue weighted by Crippen LogP contribution is 2.40. The number of aromatic nitrogens is 1. The molecular formula is C25H21ClN2O3. The van der Waals surface area contributed by atoms with Crippen molar-refractivity contribution in [2.75, 3.05) is 12.4 Å². The standard InChI is InChI=1S/C25H21ClN2O3/c1-15(12-23(29)28-22-6-4-5-11-27-22)19-13-20-21(17-7-9-18(26)10-8-17)14-31-25(20)16(2)24(19)30-3/h4-14H,1-3H3,(H,27,28,29)/b15-12+. The van der Waals surface area contributed by atoms with E-state index in [2.05, 4.69) is 10.3 Å². The van der Waals surface area contributed by atoms with Crippen molar-refractivity contribution >= 4 is 39.9 Å². The summed E-state index contributed by atoms with van der Waals surface area (Å²) in [5, 5.41) is 4.38. The Balaban J connectivity index is 1.78. The highest BCUT2D eigenvalue weighted by atomic mass is 35.5. The molecule has 0 spiro atoms. The number of benzene rings is 2. The van der Waals surface area contributed by atoms with Gasteiger partial charge in [0.1, 0.15) is 17.2 Å². The molecule has 0 unspecified atom stereocenters. The van der Waals surface area contributed by atoms with Crippen molar-refractivity contribution in [3.05, 3.63) is 83.2 Å². The van der Waals surface area contributed by atoms with E-state index in [1.807, 2.05) is 50.2 Å². The number of fused-ring (bicyclic) bond motifs is 1. The number of rotatable bonds is 5. The Morgan fingerprint density at radius 3 is 2.65 bits per heavy atom. The van der Waals surface area contributed by atoms with E-state index in [0.717, 1.165) is 38.8 Å². The number of amides is 1. The summed E-state index contributed by atoms with van der Waals surface area (Å²) in [6.07, 6.45) is 4.90. The molecule has 0 bridgehead atoms. The number of methoxy groups -OCH3 is 1. The highest BCUT2D eigenvalue weighted by Gasteiger charge is 2.19. The first-order valence-electron chi connectivity index (χ1n) is 9.73. The van der Waals surface area contributed by atoms with Crippen LogP contribution < -0.4 is 10.1 Å². The number of carbonyl (C=O) groups is 1. The van der Waals surface area contributed by atoms with Crippen LogP contribution in [0.5, 0.6) is 5.75 Å². The summed E-state index contributed by atoms with van der Waals surface area (Å²) in [5.74, 6) is 0.903. The third-order valence-corrected chi connectivity index (χ3v) is 5.34. The lowest BCUT2D eigenvalue weighted by molar-refractivity contribution is -0.111. The molecule has 0 saturated carbocycles. The number of nitrogens with one attached hydrogen (secondary N) is 1. The summed E-state index contributed by atoms with van der Waals surface area (Å²) in [7, 11) is 1.61. The Morgan fingerprint density at radius 1 is 1.19 bits per heavy atom. The minimum absolute atomic E-state index is 0.263. The molecule has 156 valence electrons. The van der Waals surface area contributed by atoms with Gasteiger partial charge < -0.3 is 14.5 Å². The molecule has 1 N–H and O–H groups in total. The molecule has 4 rings (SSSR count). The Morgan fingerprint density at radius 2 is 1.97 bits per heavy atom. The predicted molar refractivity (Wildman–Crippen MR) is 124 cm³/mol. The van der Waals surface area contributed by atoms with E-state index in [1.54, 1.807) is 37.8 Å². The molecule has 5 nitrogen and oxygen atoms in total. The first-order valence-corrected chi connectivity index (χ1v) is 10.1. The van der Waals surface area contributed by atoms with Gasteiger partial charge in [-0.15, -0.1) is 0 Å². The third kappa shape index (κ3) is 4.18. The van der Waals surface area contributed by atoms with E-state index in [1.165, 1.54) is 0 Å². The van der Waals surface area contributed by atoms with Crippen LogP contribution in [0.2, 0.25) is 5.02 Å². The fourth-order valence-electron chi connectivity index (χ4n) is 3.60. The van der Waals surface area contributed by atoms with E-state index in [0.29, 0.717) is 16.6 Å². The van der Waals surface area contributed by atoms with Crippen molar-refractivity contribution in [3.8, 4) is 16.9 Å². The molecule has 0 radical (unpaired) electrons. The minimum Gasteiger partial charge on any atom is -0.496 e. The SMILES string of the molecule is COc1c(/C(C)=C/C(=O)Nc2ccccn2)cc2c(-c3ccc(Cl)cc3)coc2c1C. The zero-order valence-corrected chi connectivity index (χ0v) is 18.2. The molecule has 31 heavy (non-hydrogen) atoms. The van der Waals surface area contributed by atoms with Crippen LogP contribution in [-0.4, -0.2) is 18.0 Å². The zero-order valence-electron chi connectivity index (χ0n) is 17.4. The molecule has 0 fully saturated rings. The van der Waals surface area contributed by atoms with Crippen LogP contribution in [0.4, 0.5) is 5.82 Å². The van der Waals surface area contributed by atoms with Gasteiger partial charge in [-0.1, -0.05) is 29.8 Å². The topological polar surface area (TPSA) is 64.4 Å². The maximum Gasteiger partial charge on any atom is 0.249 e. The van der Waals surface area contributed by atoms with Crippen molar-refractivity contribution in [1.29, 1.82) is 0 Å².